The van der Waals surface area contributed by atoms with Crippen molar-refractivity contribution < 1.29 is 14.3 Å². The van der Waals surface area contributed by atoms with Gasteiger partial charge in [0.1, 0.15) is 10.3 Å². The van der Waals surface area contributed by atoms with Gasteiger partial charge < -0.3 is 9.47 Å². The highest BCUT2D eigenvalue weighted by atomic mass is 32.2. The van der Waals surface area contributed by atoms with Crippen molar-refractivity contribution in [2.24, 2.45) is 4.99 Å². The molecule has 0 amide bonds. The Kier molecular flexibility index (Phi) is 6.05. The lowest BCUT2D eigenvalue weighted by molar-refractivity contribution is -0.133. The maximum absolute atomic E-state index is 13.4. The molecule has 0 bridgehead atoms. The SMILES string of the molecule is COC(=O)/C=c1\sc2n(c1=O)[C@@H](c1ccc(OC)cc1)C1=C(N=2)C(=C2SCCS2)CCC1. The minimum absolute atomic E-state index is 0.212. The summed E-state index contributed by atoms with van der Waals surface area (Å²) in [6, 6.07) is 7.61. The van der Waals surface area contributed by atoms with Crippen LogP contribution in [0.1, 0.15) is 30.9 Å². The molecule has 6 nitrogen and oxygen atoms in total. The summed E-state index contributed by atoms with van der Waals surface area (Å²) in [5, 5.41) is 0. The summed E-state index contributed by atoms with van der Waals surface area (Å²) in [7, 11) is 2.95. The molecule has 5 rings (SSSR count). The lowest BCUT2D eigenvalue weighted by Crippen LogP contribution is -2.39. The lowest BCUT2D eigenvalue weighted by Gasteiger charge is -2.31. The first-order valence-corrected chi connectivity index (χ1v) is 13.2. The van der Waals surface area contributed by atoms with Crippen molar-refractivity contribution in [2.75, 3.05) is 25.7 Å². The van der Waals surface area contributed by atoms with Gasteiger partial charge in [-0.15, -0.1) is 23.5 Å². The summed E-state index contributed by atoms with van der Waals surface area (Å²) < 4.78 is 13.5. The van der Waals surface area contributed by atoms with Crippen molar-refractivity contribution in [3.8, 4) is 5.75 Å². The van der Waals surface area contributed by atoms with E-state index in [4.69, 9.17) is 14.5 Å². The Labute approximate surface area is 197 Å². The van der Waals surface area contributed by atoms with Gasteiger partial charge >= 0.3 is 5.97 Å². The van der Waals surface area contributed by atoms with E-state index >= 15 is 0 Å². The number of carbonyl (C=O) groups is 1. The third kappa shape index (κ3) is 3.76. The molecule has 0 spiro atoms. The van der Waals surface area contributed by atoms with E-state index in [-0.39, 0.29) is 11.6 Å². The molecule has 3 aliphatic rings. The second-order valence-electron chi connectivity index (χ2n) is 7.57. The average molecular weight is 487 g/mol. The van der Waals surface area contributed by atoms with Gasteiger partial charge in [0.05, 0.1) is 26.0 Å². The fourth-order valence-electron chi connectivity index (χ4n) is 4.32. The average Bonchev–Trinajstić information content (AvgIpc) is 3.46. The first kappa shape index (κ1) is 21.6. The van der Waals surface area contributed by atoms with Crippen LogP contribution in [0, 0.1) is 0 Å². The van der Waals surface area contributed by atoms with E-state index in [0.717, 1.165) is 47.8 Å². The maximum Gasteiger partial charge on any atom is 0.332 e. The fraction of sp³-hybridized carbons (Fsp3) is 0.348. The standard InChI is InChI=1S/C23H22N2O4S3/c1-28-14-8-6-13(7-9-14)20-15-4-3-5-16(22-30-10-11-31-22)19(15)24-23-25(20)21(27)17(32-23)12-18(26)29-2/h6-9,12,20H,3-5,10-11H2,1-2H3/b17-12-/t20-/m0/s1. The molecule has 1 saturated heterocycles. The van der Waals surface area contributed by atoms with E-state index in [1.165, 1.54) is 39.9 Å². The molecule has 1 atom stereocenters. The highest BCUT2D eigenvalue weighted by molar-refractivity contribution is 8.25. The molecule has 2 aliphatic heterocycles. The minimum atomic E-state index is -0.540. The van der Waals surface area contributed by atoms with Gasteiger partial charge in [0.15, 0.2) is 4.80 Å². The van der Waals surface area contributed by atoms with Gasteiger partial charge in [-0.1, -0.05) is 23.5 Å². The predicted molar refractivity (Wildman–Crippen MR) is 130 cm³/mol. The smallest absolute Gasteiger partial charge is 0.332 e. The summed E-state index contributed by atoms with van der Waals surface area (Å²) in [4.78, 5) is 30.9. The first-order chi connectivity index (χ1) is 15.6. The van der Waals surface area contributed by atoms with Gasteiger partial charge in [0, 0.05) is 21.8 Å². The Morgan fingerprint density at radius 1 is 1.16 bits per heavy atom. The van der Waals surface area contributed by atoms with Crippen molar-refractivity contribution in [1.29, 1.82) is 0 Å². The number of hydrogen-bond donors (Lipinski definition) is 0. The molecule has 166 valence electrons. The summed E-state index contributed by atoms with van der Waals surface area (Å²) in [6.45, 7) is 0. The van der Waals surface area contributed by atoms with Gasteiger partial charge in [0.25, 0.3) is 5.56 Å². The molecule has 3 heterocycles. The molecule has 0 unspecified atom stereocenters. The molecule has 9 heteroatoms. The molecular weight excluding hydrogens is 464 g/mol. The van der Waals surface area contributed by atoms with Crippen LogP contribution in [-0.4, -0.2) is 36.3 Å². The number of hydrogen-bond acceptors (Lipinski definition) is 8. The van der Waals surface area contributed by atoms with Crippen LogP contribution < -0.4 is 19.6 Å². The fourth-order valence-corrected chi connectivity index (χ4v) is 7.90. The number of esters is 1. The molecule has 0 radical (unpaired) electrons. The van der Waals surface area contributed by atoms with E-state index in [9.17, 15) is 9.59 Å². The molecule has 0 N–H and O–H groups in total. The Morgan fingerprint density at radius 3 is 2.59 bits per heavy atom. The summed E-state index contributed by atoms with van der Waals surface area (Å²) in [5.74, 6) is 2.47. The quantitative estimate of drug-likeness (QED) is 0.621. The van der Waals surface area contributed by atoms with Gasteiger partial charge in [0.2, 0.25) is 0 Å². The maximum atomic E-state index is 13.4. The van der Waals surface area contributed by atoms with E-state index in [1.807, 2.05) is 47.8 Å². The van der Waals surface area contributed by atoms with Crippen LogP contribution in [0.15, 0.2) is 55.1 Å². The Bertz CT molecular complexity index is 1310. The second kappa shape index (κ2) is 8.96. The van der Waals surface area contributed by atoms with E-state index < -0.39 is 5.97 Å². The van der Waals surface area contributed by atoms with Crippen molar-refractivity contribution in [2.45, 2.75) is 25.3 Å². The largest absolute Gasteiger partial charge is 0.497 e. The number of benzene rings is 1. The molecule has 1 fully saturated rings. The number of fused-ring (bicyclic) bond motifs is 1. The number of thiazole rings is 1. The Hall–Kier alpha value is -2.23. The summed E-state index contributed by atoms with van der Waals surface area (Å²) in [6.07, 6.45) is 4.19. The number of thioether (sulfide) groups is 2. The Balaban J connectivity index is 1.77. The number of aromatic nitrogens is 1. The highest BCUT2D eigenvalue weighted by Crippen LogP contribution is 2.47. The van der Waals surface area contributed by atoms with Crippen LogP contribution in [-0.2, 0) is 9.53 Å². The topological polar surface area (TPSA) is 69.9 Å². The van der Waals surface area contributed by atoms with Gasteiger partial charge in [-0.25, -0.2) is 9.79 Å². The van der Waals surface area contributed by atoms with E-state index in [0.29, 0.717) is 9.33 Å². The van der Waals surface area contributed by atoms with Gasteiger partial charge in [-0.3, -0.25) is 9.36 Å². The minimum Gasteiger partial charge on any atom is -0.497 e. The van der Waals surface area contributed by atoms with Crippen LogP contribution >= 0.6 is 34.9 Å². The third-order valence-corrected chi connectivity index (χ3v) is 9.56. The monoisotopic (exact) mass is 486 g/mol. The summed E-state index contributed by atoms with van der Waals surface area (Å²) >= 11 is 5.06. The number of carbonyl (C=O) groups excluding carboxylic acids is 1. The molecule has 1 aromatic carbocycles. The van der Waals surface area contributed by atoms with Crippen molar-refractivity contribution in [3.05, 3.63) is 70.6 Å². The zero-order valence-corrected chi connectivity index (χ0v) is 20.2. The normalized spacial score (nSPS) is 20.7. The number of nitrogens with zero attached hydrogens (tertiary/aromatic N) is 2. The number of methoxy groups -OCH3 is 2. The second-order valence-corrected chi connectivity index (χ2v) is 11.0. The molecule has 1 aromatic heterocycles. The number of allylic oxidation sites excluding steroid dienone is 2. The summed E-state index contributed by atoms with van der Waals surface area (Å²) in [5.41, 5.74) is 4.31. The third-order valence-electron chi connectivity index (χ3n) is 5.77. The van der Waals surface area contributed by atoms with Crippen molar-refractivity contribution in [1.82, 2.24) is 4.57 Å². The Morgan fingerprint density at radius 2 is 1.91 bits per heavy atom. The molecular formula is C23H22N2O4S3. The van der Waals surface area contributed by atoms with Crippen LogP contribution in [0.25, 0.3) is 6.08 Å². The van der Waals surface area contributed by atoms with Crippen LogP contribution in [0.4, 0.5) is 0 Å². The van der Waals surface area contributed by atoms with Crippen LogP contribution in [0.3, 0.4) is 0 Å². The zero-order chi connectivity index (χ0) is 22.2. The lowest BCUT2D eigenvalue weighted by atomic mass is 9.85. The molecule has 32 heavy (non-hydrogen) atoms. The first-order valence-electron chi connectivity index (χ1n) is 10.4. The molecule has 1 aliphatic carbocycles. The van der Waals surface area contributed by atoms with Crippen LogP contribution in [0.5, 0.6) is 5.75 Å². The van der Waals surface area contributed by atoms with Crippen LogP contribution in [0.2, 0.25) is 0 Å². The van der Waals surface area contributed by atoms with E-state index in [1.54, 1.807) is 11.7 Å². The molecule has 2 aromatic rings. The van der Waals surface area contributed by atoms with Gasteiger partial charge in [-0.05, 0) is 48.1 Å². The highest BCUT2D eigenvalue weighted by Gasteiger charge is 2.34. The predicted octanol–water partition coefficient (Wildman–Crippen LogP) is 3.22. The zero-order valence-electron chi connectivity index (χ0n) is 17.8. The van der Waals surface area contributed by atoms with Crippen molar-refractivity contribution in [3.63, 3.8) is 0 Å². The van der Waals surface area contributed by atoms with E-state index in [2.05, 4.69) is 0 Å². The number of rotatable bonds is 3. The number of ether oxygens (including phenoxy) is 2. The van der Waals surface area contributed by atoms with Crippen molar-refractivity contribution >= 4 is 46.9 Å². The molecule has 0 saturated carbocycles. The van der Waals surface area contributed by atoms with Gasteiger partial charge in [-0.2, -0.15) is 0 Å².